The first-order chi connectivity index (χ1) is 7.72. The molecule has 2 rings (SSSR count). The molecule has 0 aliphatic heterocycles. The third-order valence-electron chi connectivity index (χ3n) is 3.13. The number of rotatable bonds is 2. The van der Waals surface area contributed by atoms with Crippen LogP contribution >= 0.6 is 11.6 Å². The van der Waals surface area contributed by atoms with E-state index in [1.807, 2.05) is 24.3 Å². The monoisotopic (exact) mass is 238 g/mol. The van der Waals surface area contributed by atoms with Gasteiger partial charge in [-0.2, -0.15) is 0 Å². The minimum Gasteiger partial charge on any atom is -0.496 e. The predicted molar refractivity (Wildman–Crippen MR) is 64.2 cm³/mol. The van der Waals surface area contributed by atoms with Gasteiger partial charge in [0.2, 0.25) is 0 Å². The Labute approximate surface area is 101 Å². The molecule has 0 amide bonds. The third kappa shape index (κ3) is 2.22. The van der Waals surface area contributed by atoms with Crippen molar-refractivity contribution < 1.29 is 9.53 Å². The summed E-state index contributed by atoms with van der Waals surface area (Å²) >= 11 is 6.26. The van der Waals surface area contributed by atoms with Crippen molar-refractivity contribution in [2.45, 2.75) is 30.6 Å². The van der Waals surface area contributed by atoms with Gasteiger partial charge < -0.3 is 4.74 Å². The maximum Gasteiger partial charge on any atom is 0.134 e. The molecular formula is C13H15ClO2. The smallest absolute Gasteiger partial charge is 0.134 e. The van der Waals surface area contributed by atoms with Crippen LogP contribution < -0.4 is 4.74 Å². The summed E-state index contributed by atoms with van der Waals surface area (Å²) in [7, 11) is 1.66. The number of hydrogen-bond donors (Lipinski definition) is 0. The average Bonchev–Trinajstić information content (AvgIpc) is 2.29. The summed E-state index contributed by atoms with van der Waals surface area (Å²) in [6.07, 6.45) is 1.93. The Bertz CT molecular complexity index is 389. The van der Waals surface area contributed by atoms with Crippen LogP contribution in [0.2, 0.25) is 0 Å². The van der Waals surface area contributed by atoms with E-state index >= 15 is 0 Å². The SMILES string of the molecule is COc1ccccc1C1CCC(=O)CC1Cl. The van der Waals surface area contributed by atoms with Gasteiger partial charge in [0.15, 0.2) is 0 Å². The molecule has 2 unspecified atom stereocenters. The molecule has 0 radical (unpaired) electrons. The molecule has 0 saturated heterocycles. The first-order valence-electron chi connectivity index (χ1n) is 5.51. The summed E-state index contributed by atoms with van der Waals surface area (Å²) < 4.78 is 5.33. The van der Waals surface area contributed by atoms with Crippen molar-refractivity contribution >= 4 is 17.4 Å². The van der Waals surface area contributed by atoms with Gasteiger partial charge in [0, 0.05) is 24.1 Å². The maximum absolute atomic E-state index is 11.3. The van der Waals surface area contributed by atoms with Crippen LogP contribution in [-0.2, 0) is 4.79 Å². The van der Waals surface area contributed by atoms with E-state index in [-0.39, 0.29) is 17.1 Å². The fourth-order valence-electron chi connectivity index (χ4n) is 2.28. The summed E-state index contributed by atoms with van der Waals surface area (Å²) in [5.41, 5.74) is 1.12. The molecule has 1 saturated carbocycles. The Balaban J connectivity index is 2.26. The Morgan fingerprint density at radius 1 is 1.38 bits per heavy atom. The highest BCUT2D eigenvalue weighted by molar-refractivity contribution is 6.22. The lowest BCUT2D eigenvalue weighted by atomic mass is 9.82. The van der Waals surface area contributed by atoms with Crippen LogP contribution in [0.25, 0.3) is 0 Å². The van der Waals surface area contributed by atoms with Crippen molar-refractivity contribution in [3.8, 4) is 5.75 Å². The molecule has 1 aromatic carbocycles. The fourth-order valence-corrected chi connectivity index (χ4v) is 2.72. The average molecular weight is 239 g/mol. The van der Waals surface area contributed by atoms with Gasteiger partial charge in [-0.05, 0) is 18.1 Å². The number of para-hydroxylation sites is 1. The van der Waals surface area contributed by atoms with Crippen molar-refractivity contribution in [3.63, 3.8) is 0 Å². The van der Waals surface area contributed by atoms with E-state index in [4.69, 9.17) is 16.3 Å². The lowest BCUT2D eigenvalue weighted by Gasteiger charge is -2.27. The van der Waals surface area contributed by atoms with Crippen molar-refractivity contribution in [2.75, 3.05) is 7.11 Å². The number of benzene rings is 1. The highest BCUT2D eigenvalue weighted by atomic mass is 35.5. The van der Waals surface area contributed by atoms with Gasteiger partial charge >= 0.3 is 0 Å². The number of methoxy groups -OCH3 is 1. The van der Waals surface area contributed by atoms with Gasteiger partial charge in [-0.15, -0.1) is 11.6 Å². The second-order valence-electron chi connectivity index (χ2n) is 4.15. The van der Waals surface area contributed by atoms with Crippen molar-refractivity contribution in [2.24, 2.45) is 0 Å². The van der Waals surface area contributed by atoms with Crippen LogP contribution in [0.3, 0.4) is 0 Å². The number of ether oxygens (including phenoxy) is 1. The maximum atomic E-state index is 11.3. The molecule has 0 spiro atoms. The minimum atomic E-state index is -0.0995. The van der Waals surface area contributed by atoms with E-state index in [0.717, 1.165) is 17.7 Å². The molecule has 0 aromatic heterocycles. The van der Waals surface area contributed by atoms with Gasteiger partial charge in [-0.25, -0.2) is 0 Å². The van der Waals surface area contributed by atoms with E-state index in [1.165, 1.54) is 0 Å². The molecule has 1 aliphatic carbocycles. The number of Topliss-reactive ketones (excluding diaryl/α,β-unsaturated/α-hetero) is 1. The molecule has 3 heteroatoms. The molecule has 0 heterocycles. The van der Waals surface area contributed by atoms with Crippen LogP contribution in [0.1, 0.15) is 30.7 Å². The molecule has 1 aromatic rings. The van der Waals surface area contributed by atoms with Crippen LogP contribution in [0.15, 0.2) is 24.3 Å². The van der Waals surface area contributed by atoms with Crippen molar-refractivity contribution in [1.82, 2.24) is 0 Å². The Hall–Kier alpha value is -1.02. The normalized spacial score (nSPS) is 25.5. The zero-order valence-corrected chi connectivity index (χ0v) is 10.0. The summed E-state index contributed by atoms with van der Waals surface area (Å²) in [5, 5.41) is -0.0995. The van der Waals surface area contributed by atoms with Crippen LogP contribution in [0.5, 0.6) is 5.75 Å². The first-order valence-corrected chi connectivity index (χ1v) is 5.94. The summed E-state index contributed by atoms with van der Waals surface area (Å²) in [4.78, 5) is 11.3. The summed E-state index contributed by atoms with van der Waals surface area (Å²) in [6.45, 7) is 0. The number of ketones is 1. The topological polar surface area (TPSA) is 26.3 Å². The molecule has 1 aliphatic rings. The lowest BCUT2D eigenvalue weighted by molar-refractivity contribution is -0.120. The number of alkyl halides is 1. The zero-order valence-electron chi connectivity index (χ0n) is 9.28. The van der Waals surface area contributed by atoms with Crippen LogP contribution in [0.4, 0.5) is 0 Å². The Morgan fingerprint density at radius 2 is 2.12 bits per heavy atom. The number of carbonyl (C=O) groups excluding carboxylic acids is 1. The standard InChI is InChI=1S/C13H15ClO2/c1-16-13-5-3-2-4-11(13)10-7-6-9(15)8-12(10)14/h2-5,10,12H,6-8H2,1H3. The number of halogens is 1. The van der Waals surface area contributed by atoms with Gasteiger partial charge in [-0.1, -0.05) is 18.2 Å². The number of hydrogen-bond acceptors (Lipinski definition) is 2. The van der Waals surface area contributed by atoms with E-state index in [0.29, 0.717) is 12.8 Å². The lowest BCUT2D eigenvalue weighted by Crippen LogP contribution is -2.24. The minimum absolute atomic E-state index is 0.0995. The Kier molecular flexibility index (Phi) is 3.49. The summed E-state index contributed by atoms with van der Waals surface area (Å²) in [6, 6.07) is 7.90. The van der Waals surface area contributed by atoms with Crippen LogP contribution in [0, 0.1) is 0 Å². The Morgan fingerprint density at radius 3 is 2.81 bits per heavy atom. The quantitative estimate of drug-likeness (QED) is 0.740. The molecule has 2 nitrogen and oxygen atoms in total. The molecular weight excluding hydrogens is 224 g/mol. The van der Waals surface area contributed by atoms with E-state index < -0.39 is 0 Å². The molecule has 0 N–H and O–H groups in total. The second kappa shape index (κ2) is 4.88. The van der Waals surface area contributed by atoms with E-state index in [1.54, 1.807) is 7.11 Å². The van der Waals surface area contributed by atoms with E-state index in [2.05, 4.69) is 0 Å². The molecule has 2 atom stereocenters. The van der Waals surface area contributed by atoms with Gasteiger partial charge in [0.25, 0.3) is 0 Å². The van der Waals surface area contributed by atoms with E-state index in [9.17, 15) is 4.79 Å². The predicted octanol–water partition coefficient (Wildman–Crippen LogP) is 3.14. The third-order valence-corrected chi connectivity index (χ3v) is 3.59. The molecule has 86 valence electrons. The molecule has 16 heavy (non-hydrogen) atoms. The second-order valence-corrected chi connectivity index (χ2v) is 4.71. The van der Waals surface area contributed by atoms with Gasteiger partial charge in [0.05, 0.1) is 7.11 Å². The van der Waals surface area contributed by atoms with Gasteiger partial charge in [0.1, 0.15) is 11.5 Å². The van der Waals surface area contributed by atoms with Crippen molar-refractivity contribution in [3.05, 3.63) is 29.8 Å². The molecule has 1 fully saturated rings. The van der Waals surface area contributed by atoms with Crippen LogP contribution in [-0.4, -0.2) is 18.3 Å². The number of carbonyl (C=O) groups is 1. The highest BCUT2D eigenvalue weighted by Gasteiger charge is 2.30. The highest BCUT2D eigenvalue weighted by Crippen LogP contribution is 2.38. The van der Waals surface area contributed by atoms with Crippen molar-refractivity contribution in [1.29, 1.82) is 0 Å². The largest absolute Gasteiger partial charge is 0.496 e. The zero-order chi connectivity index (χ0) is 11.5. The van der Waals surface area contributed by atoms with Gasteiger partial charge in [-0.3, -0.25) is 4.79 Å². The summed E-state index contributed by atoms with van der Waals surface area (Å²) in [5.74, 6) is 1.37. The fraction of sp³-hybridized carbons (Fsp3) is 0.462. The first kappa shape index (κ1) is 11.5. The molecule has 0 bridgehead atoms.